The lowest BCUT2D eigenvalue weighted by Gasteiger charge is -2.34. The van der Waals surface area contributed by atoms with Gasteiger partial charge < -0.3 is 0 Å². The van der Waals surface area contributed by atoms with E-state index in [1.54, 1.807) is 0 Å². The summed E-state index contributed by atoms with van der Waals surface area (Å²) in [7, 11) is 0. The van der Waals surface area contributed by atoms with E-state index in [0.717, 1.165) is 6.42 Å². The number of fused-ring (bicyclic) bond motifs is 1. The molecule has 0 saturated carbocycles. The quantitative estimate of drug-likeness (QED) is 0.669. The van der Waals surface area contributed by atoms with Crippen LogP contribution in [0.5, 0.6) is 0 Å². The van der Waals surface area contributed by atoms with Crippen molar-refractivity contribution in [2.24, 2.45) is 0 Å². The Morgan fingerprint density at radius 2 is 1.83 bits per heavy atom. The Hall–Kier alpha value is -1.27. The third-order valence-electron chi connectivity index (χ3n) is 4.10. The largest absolute Gasteiger partial charge is 0.117 e. The molecule has 0 fully saturated rings. The van der Waals surface area contributed by atoms with Crippen molar-refractivity contribution in [1.29, 1.82) is 0 Å². The summed E-state index contributed by atoms with van der Waals surface area (Å²) in [4.78, 5) is 0. The van der Waals surface area contributed by atoms with Gasteiger partial charge in [0, 0.05) is 5.92 Å². The molecule has 0 aromatic heterocycles. The van der Waals surface area contributed by atoms with Crippen molar-refractivity contribution in [3.05, 3.63) is 70.3 Å². The van der Waals surface area contributed by atoms with Crippen LogP contribution in [0.15, 0.2) is 42.5 Å². The van der Waals surface area contributed by atoms with Gasteiger partial charge >= 0.3 is 0 Å². The zero-order valence-corrected chi connectivity index (χ0v) is 11.5. The summed E-state index contributed by atoms with van der Waals surface area (Å²) in [5.74, 6) is 0.477. The highest BCUT2D eigenvalue weighted by Gasteiger charge is 2.32. The molecule has 0 nitrogen and oxygen atoms in total. The van der Waals surface area contributed by atoms with Crippen molar-refractivity contribution in [1.82, 2.24) is 0 Å². The standard InChI is InChI=1S/C17H17Cl/c1-11-7-8-14(9-12(11)2)17(18)16-10-13-5-3-4-6-15(13)16/h3-9,16-17H,10H2,1-2H3. The molecule has 2 atom stereocenters. The van der Waals surface area contributed by atoms with Crippen molar-refractivity contribution >= 4 is 11.6 Å². The zero-order chi connectivity index (χ0) is 12.7. The van der Waals surface area contributed by atoms with E-state index in [9.17, 15) is 0 Å². The van der Waals surface area contributed by atoms with E-state index in [4.69, 9.17) is 11.6 Å². The Labute approximate surface area is 114 Å². The topological polar surface area (TPSA) is 0 Å². The van der Waals surface area contributed by atoms with Crippen molar-refractivity contribution < 1.29 is 0 Å². The van der Waals surface area contributed by atoms with Gasteiger partial charge in [-0.05, 0) is 48.1 Å². The van der Waals surface area contributed by atoms with Crippen LogP contribution in [0.1, 0.15) is 39.1 Å². The molecule has 1 aliphatic rings. The van der Waals surface area contributed by atoms with Crippen LogP contribution in [0.3, 0.4) is 0 Å². The predicted octanol–water partition coefficient (Wildman–Crippen LogP) is 4.92. The van der Waals surface area contributed by atoms with Gasteiger partial charge in [-0.25, -0.2) is 0 Å². The smallest absolute Gasteiger partial charge is 0.0657 e. The van der Waals surface area contributed by atoms with E-state index in [2.05, 4.69) is 56.3 Å². The van der Waals surface area contributed by atoms with Crippen LogP contribution in [-0.4, -0.2) is 0 Å². The molecular weight excluding hydrogens is 240 g/mol. The fraction of sp³-hybridized carbons (Fsp3) is 0.294. The molecule has 0 bridgehead atoms. The fourth-order valence-electron chi connectivity index (χ4n) is 2.73. The summed E-state index contributed by atoms with van der Waals surface area (Å²) in [5, 5.41) is 0.0965. The van der Waals surface area contributed by atoms with Crippen LogP contribution < -0.4 is 0 Å². The lowest BCUT2D eigenvalue weighted by atomic mass is 9.74. The molecule has 2 aromatic carbocycles. The minimum absolute atomic E-state index is 0.0965. The van der Waals surface area contributed by atoms with E-state index in [1.165, 1.54) is 27.8 Å². The van der Waals surface area contributed by atoms with Gasteiger partial charge in [0.05, 0.1) is 5.38 Å². The van der Waals surface area contributed by atoms with Crippen LogP contribution in [0.4, 0.5) is 0 Å². The number of halogens is 1. The highest BCUT2D eigenvalue weighted by Crippen LogP contribution is 2.46. The Kier molecular flexibility index (Phi) is 2.91. The number of aryl methyl sites for hydroxylation is 2. The van der Waals surface area contributed by atoms with Crippen LogP contribution >= 0.6 is 11.6 Å². The van der Waals surface area contributed by atoms with E-state index >= 15 is 0 Å². The summed E-state index contributed by atoms with van der Waals surface area (Å²) in [6.07, 6.45) is 1.11. The summed E-state index contributed by atoms with van der Waals surface area (Å²) < 4.78 is 0. The molecule has 0 N–H and O–H groups in total. The van der Waals surface area contributed by atoms with Gasteiger partial charge in [0.1, 0.15) is 0 Å². The van der Waals surface area contributed by atoms with Crippen LogP contribution in [0, 0.1) is 13.8 Å². The Bertz CT molecular complexity index is 586. The second-order valence-electron chi connectivity index (χ2n) is 5.25. The maximum atomic E-state index is 6.66. The summed E-state index contributed by atoms with van der Waals surface area (Å²) in [6, 6.07) is 15.2. The lowest BCUT2D eigenvalue weighted by Crippen LogP contribution is -2.21. The first-order chi connectivity index (χ1) is 8.66. The molecule has 1 heteroatoms. The van der Waals surface area contributed by atoms with Crippen LogP contribution in [0.25, 0.3) is 0 Å². The highest BCUT2D eigenvalue weighted by molar-refractivity contribution is 6.21. The van der Waals surface area contributed by atoms with Gasteiger partial charge in [0.2, 0.25) is 0 Å². The van der Waals surface area contributed by atoms with E-state index < -0.39 is 0 Å². The SMILES string of the molecule is Cc1ccc(C(Cl)C2Cc3ccccc32)cc1C. The Morgan fingerprint density at radius 3 is 2.56 bits per heavy atom. The average Bonchev–Trinajstić information content (AvgIpc) is 2.34. The molecule has 0 spiro atoms. The van der Waals surface area contributed by atoms with Gasteiger partial charge in [0.25, 0.3) is 0 Å². The molecule has 18 heavy (non-hydrogen) atoms. The molecule has 92 valence electrons. The van der Waals surface area contributed by atoms with Gasteiger partial charge in [-0.3, -0.25) is 0 Å². The van der Waals surface area contributed by atoms with Crippen molar-refractivity contribution in [2.75, 3.05) is 0 Å². The fourth-order valence-corrected chi connectivity index (χ4v) is 3.09. The molecule has 0 amide bonds. The van der Waals surface area contributed by atoms with Gasteiger partial charge in [-0.2, -0.15) is 0 Å². The number of alkyl halides is 1. The minimum atomic E-state index is 0.0965. The first kappa shape index (κ1) is 11.8. The molecule has 0 radical (unpaired) electrons. The van der Waals surface area contributed by atoms with Crippen molar-refractivity contribution in [3.63, 3.8) is 0 Å². The molecule has 0 saturated heterocycles. The second-order valence-corrected chi connectivity index (χ2v) is 5.73. The lowest BCUT2D eigenvalue weighted by molar-refractivity contribution is 0.587. The molecule has 3 rings (SSSR count). The molecule has 2 unspecified atom stereocenters. The minimum Gasteiger partial charge on any atom is -0.117 e. The van der Waals surface area contributed by atoms with E-state index in [0.29, 0.717) is 5.92 Å². The summed E-state index contributed by atoms with van der Waals surface area (Å²) in [6.45, 7) is 4.29. The van der Waals surface area contributed by atoms with Gasteiger partial charge in [0.15, 0.2) is 0 Å². The molecule has 0 heterocycles. The summed E-state index contributed by atoms with van der Waals surface area (Å²) in [5.41, 5.74) is 6.79. The first-order valence-electron chi connectivity index (χ1n) is 6.46. The average molecular weight is 257 g/mol. The van der Waals surface area contributed by atoms with E-state index in [1.807, 2.05) is 0 Å². The highest BCUT2D eigenvalue weighted by atomic mass is 35.5. The molecular formula is C17H17Cl. The Morgan fingerprint density at radius 1 is 1.06 bits per heavy atom. The van der Waals surface area contributed by atoms with Crippen LogP contribution in [0.2, 0.25) is 0 Å². The van der Waals surface area contributed by atoms with E-state index in [-0.39, 0.29) is 5.38 Å². The Balaban J connectivity index is 1.88. The maximum Gasteiger partial charge on any atom is 0.0657 e. The third kappa shape index (κ3) is 1.85. The summed E-state index contributed by atoms with van der Waals surface area (Å²) >= 11 is 6.66. The number of rotatable bonds is 2. The monoisotopic (exact) mass is 256 g/mol. The molecule has 1 aliphatic carbocycles. The third-order valence-corrected chi connectivity index (χ3v) is 4.65. The zero-order valence-electron chi connectivity index (χ0n) is 10.8. The predicted molar refractivity (Wildman–Crippen MR) is 77.4 cm³/mol. The molecule has 0 aliphatic heterocycles. The molecule has 2 aromatic rings. The number of hydrogen-bond donors (Lipinski definition) is 0. The normalized spacial score (nSPS) is 18.9. The van der Waals surface area contributed by atoms with Gasteiger partial charge in [-0.1, -0.05) is 42.5 Å². The number of hydrogen-bond acceptors (Lipinski definition) is 0. The van der Waals surface area contributed by atoms with Crippen molar-refractivity contribution in [2.45, 2.75) is 31.6 Å². The second kappa shape index (κ2) is 4.44. The van der Waals surface area contributed by atoms with Crippen LogP contribution in [-0.2, 0) is 6.42 Å². The van der Waals surface area contributed by atoms with Crippen molar-refractivity contribution in [3.8, 4) is 0 Å². The number of benzene rings is 2. The van der Waals surface area contributed by atoms with Gasteiger partial charge in [-0.15, -0.1) is 11.6 Å². The maximum absolute atomic E-state index is 6.66. The first-order valence-corrected chi connectivity index (χ1v) is 6.89.